The number of halogens is 1. The number of aryl methyl sites for hydroxylation is 1. The minimum Gasteiger partial charge on any atom is -0.319 e. The lowest BCUT2D eigenvalue weighted by Crippen LogP contribution is -2.31. The fourth-order valence-corrected chi connectivity index (χ4v) is 3.69. The summed E-state index contributed by atoms with van der Waals surface area (Å²) in [5.74, 6) is -0.645. The highest BCUT2D eigenvalue weighted by Gasteiger charge is 2.20. The van der Waals surface area contributed by atoms with E-state index in [1.807, 2.05) is 10.9 Å². The summed E-state index contributed by atoms with van der Waals surface area (Å²) in [4.78, 5) is 29.4. The van der Waals surface area contributed by atoms with Crippen molar-refractivity contribution in [1.29, 1.82) is 0 Å². The summed E-state index contributed by atoms with van der Waals surface area (Å²) in [6.07, 6.45) is 3.86. The predicted octanol–water partition coefficient (Wildman–Crippen LogP) is 2.69. The van der Waals surface area contributed by atoms with Gasteiger partial charge in [0.25, 0.3) is 5.91 Å². The quantitative estimate of drug-likeness (QED) is 0.729. The molecule has 1 aromatic carbocycles. The molecule has 3 heterocycles. The Morgan fingerprint density at radius 3 is 2.79 bits per heavy atom. The van der Waals surface area contributed by atoms with Crippen LogP contribution in [0.1, 0.15) is 34.8 Å². The lowest BCUT2D eigenvalue weighted by molar-refractivity contribution is 0.102. The molecule has 2 N–H and O–H groups in total. The number of carbonyl (C=O) groups is 1. The van der Waals surface area contributed by atoms with E-state index in [4.69, 9.17) is 0 Å². The van der Waals surface area contributed by atoms with Crippen molar-refractivity contribution in [3.63, 3.8) is 0 Å². The minimum absolute atomic E-state index is 0.0279. The molecule has 2 aromatic heterocycles. The van der Waals surface area contributed by atoms with Crippen LogP contribution in [-0.4, -0.2) is 45.7 Å². The predicted molar refractivity (Wildman–Crippen MR) is 105 cm³/mol. The van der Waals surface area contributed by atoms with Crippen LogP contribution in [0.5, 0.6) is 0 Å². The topological polar surface area (TPSA) is 83.0 Å². The van der Waals surface area contributed by atoms with Crippen molar-refractivity contribution < 1.29 is 9.18 Å². The van der Waals surface area contributed by atoms with Crippen LogP contribution >= 0.6 is 0 Å². The van der Waals surface area contributed by atoms with E-state index in [9.17, 15) is 14.0 Å². The second kappa shape index (κ2) is 7.20. The van der Waals surface area contributed by atoms with Crippen LogP contribution in [0, 0.1) is 12.7 Å². The van der Waals surface area contributed by atoms with Crippen molar-refractivity contribution in [2.75, 3.05) is 25.5 Å². The van der Waals surface area contributed by atoms with Gasteiger partial charge in [-0.25, -0.2) is 4.39 Å². The molecule has 0 radical (unpaired) electrons. The summed E-state index contributed by atoms with van der Waals surface area (Å²) < 4.78 is 16.1. The molecule has 1 fully saturated rings. The molecule has 1 aliphatic rings. The van der Waals surface area contributed by atoms with Crippen LogP contribution in [0.3, 0.4) is 0 Å². The van der Waals surface area contributed by atoms with Gasteiger partial charge in [-0.05, 0) is 57.6 Å². The molecule has 0 bridgehead atoms. The van der Waals surface area contributed by atoms with Crippen LogP contribution in [0.2, 0.25) is 0 Å². The second-order valence-electron chi connectivity index (χ2n) is 7.39. The van der Waals surface area contributed by atoms with E-state index in [0.29, 0.717) is 22.8 Å². The first-order valence-corrected chi connectivity index (χ1v) is 9.29. The maximum atomic E-state index is 14.2. The van der Waals surface area contributed by atoms with Crippen LogP contribution < -0.4 is 10.9 Å². The number of carbonyl (C=O) groups excluding carboxylic acids is 1. The molecule has 1 aliphatic heterocycles. The number of aromatic amines is 1. The Kier molecular flexibility index (Phi) is 4.72. The number of hydrogen-bond acceptors (Lipinski definition) is 4. The average Bonchev–Trinajstić information content (AvgIpc) is 3.11. The molecular formula is C20H22FN5O2. The highest BCUT2D eigenvalue weighted by Crippen LogP contribution is 2.23. The highest BCUT2D eigenvalue weighted by atomic mass is 19.1. The summed E-state index contributed by atoms with van der Waals surface area (Å²) in [7, 11) is 2.10. The number of piperidine rings is 1. The number of aromatic nitrogens is 3. The maximum Gasteiger partial charge on any atom is 0.257 e. The van der Waals surface area contributed by atoms with Crippen LogP contribution in [-0.2, 0) is 0 Å². The van der Waals surface area contributed by atoms with E-state index < -0.39 is 17.3 Å². The lowest BCUT2D eigenvalue weighted by atomic mass is 10.1. The number of anilines is 1. The van der Waals surface area contributed by atoms with Gasteiger partial charge in [0.2, 0.25) is 5.56 Å². The number of nitrogens with one attached hydrogen (secondary N) is 2. The van der Waals surface area contributed by atoms with Crippen molar-refractivity contribution in [2.24, 2.45) is 0 Å². The summed E-state index contributed by atoms with van der Waals surface area (Å²) in [6.45, 7) is 3.75. The summed E-state index contributed by atoms with van der Waals surface area (Å²) in [6, 6.07) is 6.23. The number of H-pyrrole nitrogens is 1. The van der Waals surface area contributed by atoms with Crippen LogP contribution in [0.15, 0.2) is 35.3 Å². The molecule has 28 heavy (non-hydrogen) atoms. The third-order valence-electron chi connectivity index (χ3n) is 5.21. The van der Waals surface area contributed by atoms with E-state index in [0.717, 1.165) is 25.9 Å². The Morgan fingerprint density at radius 2 is 2.04 bits per heavy atom. The van der Waals surface area contributed by atoms with E-state index in [-0.39, 0.29) is 11.1 Å². The van der Waals surface area contributed by atoms with Gasteiger partial charge < -0.3 is 15.2 Å². The summed E-state index contributed by atoms with van der Waals surface area (Å²) in [5.41, 5.74) is 0.283. The zero-order valence-electron chi connectivity index (χ0n) is 15.8. The molecule has 7 nitrogen and oxygen atoms in total. The zero-order valence-corrected chi connectivity index (χ0v) is 15.8. The van der Waals surface area contributed by atoms with Gasteiger partial charge in [0.15, 0.2) is 5.82 Å². The number of amides is 1. The number of rotatable bonds is 3. The third kappa shape index (κ3) is 3.55. The Labute approximate surface area is 161 Å². The Balaban J connectivity index is 1.60. The molecule has 0 atom stereocenters. The molecule has 3 aromatic rings. The van der Waals surface area contributed by atoms with Crippen molar-refractivity contribution in [2.45, 2.75) is 25.8 Å². The van der Waals surface area contributed by atoms with Crippen molar-refractivity contribution in [3.8, 4) is 0 Å². The largest absolute Gasteiger partial charge is 0.319 e. The number of nitrogens with zero attached hydrogens (tertiary/aromatic N) is 3. The normalized spacial score (nSPS) is 15.8. The van der Waals surface area contributed by atoms with Crippen molar-refractivity contribution in [3.05, 3.63) is 57.8 Å². The van der Waals surface area contributed by atoms with Gasteiger partial charge in [0.05, 0.1) is 17.1 Å². The van der Waals surface area contributed by atoms with E-state index in [1.165, 1.54) is 12.1 Å². The SMILES string of the molecule is Cc1cc(F)c2[nH]c(=O)cc(C(=O)Nc3ccn(C4CCN(C)CC4)n3)c2c1. The first-order chi connectivity index (χ1) is 13.4. The molecular weight excluding hydrogens is 361 g/mol. The average molecular weight is 383 g/mol. The van der Waals surface area contributed by atoms with E-state index in [1.54, 1.807) is 19.1 Å². The Morgan fingerprint density at radius 1 is 1.29 bits per heavy atom. The fourth-order valence-electron chi connectivity index (χ4n) is 3.69. The molecule has 4 rings (SSSR count). The smallest absolute Gasteiger partial charge is 0.257 e. The monoisotopic (exact) mass is 383 g/mol. The number of likely N-dealkylation sites (tertiary alicyclic amines) is 1. The maximum absolute atomic E-state index is 14.2. The summed E-state index contributed by atoms with van der Waals surface area (Å²) >= 11 is 0. The van der Waals surface area contributed by atoms with Crippen molar-refractivity contribution >= 4 is 22.6 Å². The molecule has 0 spiro atoms. The first kappa shape index (κ1) is 18.4. The second-order valence-corrected chi connectivity index (χ2v) is 7.39. The van der Waals surface area contributed by atoms with Crippen molar-refractivity contribution in [1.82, 2.24) is 19.7 Å². The van der Waals surface area contributed by atoms with Gasteiger partial charge in [-0.1, -0.05) is 0 Å². The van der Waals surface area contributed by atoms with Crippen LogP contribution in [0.25, 0.3) is 10.9 Å². The van der Waals surface area contributed by atoms with Gasteiger partial charge in [-0.3, -0.25) is 14.3 Å². The molecule has 1 amide bonds. The van der Waals surface area contributed by atoms with Gasteiger partial charge in [0, 0.05) is 23.7 Å². The van der Waals surface area contributed by atoms with Gasteiger partial charge in [0.1, 0.15) is 5.82 Å². The third-order valence-corrected chi connectivity index (χ3v) is 5.21. The lowest BCUT2D eigenvalue weighted by Gasteiger charge is -2.28. The standard InChI is InChI=1S/C20H22FN5O2/c1-12-9-14-15(11-18(27)23-19(14)16(21)10-12)20(28)22-17-5-8-26(24-17)13-3-6-25(2)7-4-13/h5,8-11,13H,3-4,6-7H2,1-2H3,(H,23,27)(H,22,24,28). The number of fused-ring (bicyclic) bond motifs is 1. The van der Waals surface area contributed by atoms with E-state index >= 15 is 0 Å². The Hall–Kier alpha value is -3.00. The molecule has 8 heteroatoms. The van der Waals surface area contributed by atoms with E-state index in [2.05, 4.69) is 27.3 Å². The molecule has 1 saturated heterocycles. The molecule has 0 saturated carbocycles. The molecule has 0 aliphatic carbocycles. The minimum atomic E-state index is -0.562. The van der Waals surface area contributed by atoms with Gasteiger partial charge >= 0.3 is 0 Å². The van der Waals surface area contributed by atoms with Gasteiger partial charge in [-0.15, -0.1) is 0 Å². The number of benzene rings is 1. The van der Waals surface area contributed by atoms with Crippen LogP contribution in [0.4, 0.5) is 10.2 Å². The number of pyridine rings is 1. The summed E-state index contributed by atoms with van der Waals surface area (Å²) in [5, 5.41) is 7.56. The molecule has 146 valence electrons. The zero-order chi connectivity index (χ0) is 19.8. The number of hydrogen-bond donors (Lipinski definition) is 2. The fraction of sp³-hybridized carbons (Fsp3) is 0.350. The molecule has 0 unspecified atom stereocenters. The highest BCUT2D eigenvalue weighted by molar-refractivity contribution is 6.12. The van der Waals surface area contributed by atoms with Gasteiger partial charge in [-0.2, -0.15) is 5.10 Å². The first-order valence-electron chi connectivity index (χ1n) is 9.29. The Bertz CT molecular complexity index is 1100.